The van der Waals surface area contributed by atoms with E-state index in [0.717, 1.165) is 5.57 Å². The third-order valence-corrected chi connectivity index (χ3v) is 1.03. The van der Waals surface area contributed by atoms with Crippen molar-refractivity contribution in [2.24, 2.45) is 0 Å². The number of hydrogen-bond donors (Lipinski definition) is 0. The van der Waals surface area contributed by atoms with Crippen LogP contribution in [-0.4, -0.2) is 5.88 Å². The summed E-state index contributed by atoms with van der Waals surface area (Å²) >= 11 is 5.41. The molecule has 0 aliphatic carbocycles. The van der Waals surface area contributed by atoms with Gasteiger partial charge in [0.05, 0.1) is 0 Å². The van der Waals surface area contributed by atoms with Crippen molar-refractivity contribution in [1.29, 1.82) is 0 Å². The zero-order chi connectivity index (χ0) is 5.70. The van der Waals surface area contributed by atoms with Gasteiger partial charge in [-0.3, -0.25) is 0 Å². The van der Waals surface area contributed by atoms with E-state index >= 15 is 0 Å². The molecule has 0 spiro atoms. The Morgan fingerprint density at radius 2 is 2.43 bits per heavy atom. The van der Waals surface area contributed by atoms with Gasteiger partial charge in [0, 0.05) is 5.88 Å². The third-order valence-electron chi connectivity index (χ3n) is 0.613. The van der Waals surface area contributed by atoms with Crippen LogP contribution in [0.4, 0.5) is 0 Å². The van der Waals surface area contributed by atoms with E-state index < -0.39 is 0 Å². The van der Waals surface area contributed by atoms with Crippen molar-refractivity contribution in [3.05, 3.63) is 24.3 Å². The zero-order valence-corrected chi connectivity index (χ0v) is 5.20. The fraction of sp³-hybridized carbons (Fsp3) is 0.333. The van der Waals surface area contributed by atoms with Crippen molar-refractivity contribution in [3.8, 4) is 0 Å². The first-order valence-electron chi connectivity index (χ1n) is 2.15. The summed E-state index contributed by atoms with van der Waals surface area (Å²) in [5.41, 5.74) is 1.15. The normalized spacial score (nSPS) is 11.4. The molecule has 0 aromatic carbocycles. The molecule has 0 unspecified atom stereocenters. The maximum atomic E-state index is 5.41. The zero-order valence-electron chi connectivity index (χ0n) is 4.45. The minimum atomic E-state index is 0.603. The lowest BCUT2D eigenvalue weighted by Crippen LogP contribution is -1.71. The highest BCUT2D eigenvalue weighted by Gasteiger charge is 1.76. The number of hydrogen-bond acceptors (Lipinski definition) is 0. The third kappa shape index (κ3) is 3.60. The van der Waals surface area contributed by atoms with Crippen LogP contribution in [0.2, 0.25) is 0 Å². The molecule has 40 valence electrons. The molecule has 0 rings (SSSR count). The summed E-state index contributed by atoms with van der Waals surface area (Å²) in [5, 5.41) is 0. The summed E-state index contributed by atoms with van der Waals surface area (Å²) in [7, 11) is 0. The molecular weight excluding hydrogens is 108 g/mol. The molecule has 0 aliphatic heterocycles. The Hall–Kier alpha value is -0.230. The largest absolute Gasteiger partial charge is 0.122 e. The van der Waals surface area contributed by atoms with Crippen LogP contribution in [0.1, 0.15) is 6.92 Å². The van der Waals surface area contributed by atoms with Crippen molar-refractivity contribution in [3.63, 3.8) is 0 Å². The average molecular weight is 117 g/mol. The van der Waals surface area contributed by atoms with Gasteiger partial charge in [0.15, 0.2) is 0 Å². The summed E-state index contributed by atoms with van der Waals surface area (Å²) in [6.07, 6.45) is 3.63. The van der Waals surface area contributed by atoms with Gasteiger partial charge in [-0.25, -0.2) is 0 Å². The monoisotopic (exact) mass is 116 g/mol. The maximum Gasteiger partial charge on any atom is 0.0433 e. The molecule has 0 saturated heterocycles. The first-order valence-corrected chi connectivity index (χ1v) is 2.69. The minimum Gasteiger partial charge on any atom is -0.122 e. The van der Waals surface area contributed by atoms with Crippen molar-refractivity contribution in [2.45, 2.75) is 6.92 Å². The molecule has 0 aromatic rings. The second-order valence-corrected chi connectivity index (χ2v) is 1.65. The number of rotatable bonds is 2. The molecule has 0 bridgehead atoms. The van der Waals surface area contributed by atoms with Gasteiger partial charge in [0.1, 0.15) is 0 Å². The first kappa shape index (κ1) is 6.77. The lowest BCUT2D eigenvalue weighted by Gasteiger charge is -1.84. The summed E-state index contributed by atoms with van der Waals surface area (Å²) < 4.78 is 0. The minimum absolute atomic E-state index is 0.603. The van der Waals surface area contributed by atoms with Gasteiger partial charge in [-0.05, 0) is 6.92 Å². The highest BCUT2D eigenvalue weighted by Crippen LogP contribution is 1.93. The van der Waals surface area contributed by atoms with E-state index in [0.29, 0.717) is 5.88 Å². The fourth-order valence-electron chi connectivity index (χ4n) is 0.246. The van der Waals surface area contributed by atoms with E-state index in [1.165, 1.54) is 0 Å². The van der Waals surface area contributed by atoms with E-state index in [1.807, 2.05) is 13.0 Å². The Kier molecular flexibility index (Phi) is 3.81. The molecule has 0 aromatic heterocycles. The van der Waals surface area contributed by atoms with E-state index in [1.54, 1.807) is 6.08 Å². The molecule has 0 N–H and O–H groups in total. The summed E-state index contributed by atoms with van der Waals surface area (Å²) in [6.45, 7) is 5.48. The quantitative estimate of drug-likeness (QED) is 0.384. The average Bonchev–Trinajstić information content (AvgIpc) is 1.68. The molecule has 0 amide bonds. The summed E-state index contributed by atoms with van der Waals surface area (Å²) in [6, 6.07) is 0. The standard InChI is InChI=1S/C6H9Cl/c1-3-4-6(2)5-7/h3-4H,1,5H2,2H3/b6-4+. The topological polar surface area (TPSA) is 0 Å². The van der Waals surface area contributed by atoms with E-state index in [4.69, 9.17) is 11.6 Å². The number of allylic oxidation sites excluding steroid dienone is 3. The Bertz CT molecular complexity index is 82.2. The lowest BCUT2D eigenvalue weighted by atomic mass is 10.3. The molecule has 0 atom stereocenters. The Morgan fingerprint density at radius 3 is 2.57 bits per heavy atom. The van der Waals surface area contributed by atoms with Gasteiger partial charge in [-0.1, -0.05) is 24.3 Å². The smallest absolute Gasteiger partial charge is 0.0433 e. The predicted octanol–water partition coefficient (Wildman–Crippen LogP) is 2.36. The van der Waals surface area contributed by atoms with Gasteiger partial charge < -0.3 is 0 Å². The van der Waals surface area contributed by atoms with Gasteiger partial charge in [0.25, 0.3) is 0 Å². The first-order chi connectivity index (χ1) is 3.31. The number of alkyl halides is 1. The highest BCUT2D eigenvalue weighted by atomic mass is 35.5. The van der Waals surface area contributed by atoms with Crippen LogP contribution < -0.4 is 0 Å². The van der Waals surface area contributed by atoms with Crippen molar-refractivity contribution < 1.29 is 0 Å². The van der Waals surface area contributed by atoms with E-state index in [9.17, 15) is 0 Å². The van der Waals surface area contributed by atoms with Crippen LogP contribution >= 0.6 is 11.6 Å². The van der Waals surface area contributed by atoms with Crippen LogP contribution in [-0.2, 0) is 0 Å². The molecule has 0 aliphatic rings. The van der Waals surface area contributed by atoms with Crippen LogP contribution in [0.15, 0.2) is 24.3 Å². The molecule has 0 heterocycles. The molecule has 0 radical (unpaired) electrons. The van der Waals surface area contributed by atoms with Crippen molar-refractivity contribution in [1.82, 2.24) is 0 Å². The van der Waals surface area contributed by atoms with Crippen molar-refractivity contribution in [2.75, 3.05) is 5.88 Å². The summed E-state index contributed by atoms with van der Waals surface area (Å²) in [4.78, 5) is 0. The summed E-state index contributed by atoms with van der Waals surface area (Å²) in [5.74, 6) is 0.603. The Balaban J connectivity index is 3.49. The van der Waals surface area contributed by atoms with Crippen LogP contribution in [0, 0.1) is 0 Å². The van der Waals surface area contributed by atoms with Gasteiger partial charge in [0.2, 0.25) is 0 Å². The van der Waals surface area contributed by atoms with Crippen molar-refractivity contribution >= 4 is 11.6 Å². The second kappa shape index (κ2) is 3.94. The maximum absolute atomic E-state index is 5.41. The highest BCUT2D eigenvalue weighted by molar-refractivity contribution is 6.19. The van der Waals surface area contributed by atoms with E-state index in [-0.39, 0.29) is 0 Å². The molecule has 7 heavy (non-hydrogen) atoms. The Labute approximate surface area is 49.5 Å². The lowest BCUT2D eigenvalue weighted by molar-refractivity contribution is 1.40. The number of halogens is 1. The molecule has 0 nitrogen and oxygen atoms in total. The van der Waals surface area contributed by atoms with Crippen LogP contribution in [0.25, 0.3) is 0 Å². The SMILES string of the molecule is C=C/C=C(\C)CCl. The second-order valence-electron chi connectivity index (χ2n) is 1.38. The predicted molar refractivity (Wildman–Crippen MR) is 34.7 cm³/mol. The fourth-order valence-corrected chi connectivity index (χ4v) is 0.335. The molecular formula is C6H9Cl. The van der Waals surface area contributed by atoms with E-state index in [2.05, 4.69) is 6.58 Å². The molecule has 0 fully saturated rings. The Morgan fingerprint density at radius 1 is 1.86 bits per heavy atom. The van der Waals surface area contributed by atoms with Gasteiger partial charge in [-0.2, -0.15) is 0 Å². The van der Waals surface area contributed by atoms with Crippen LogP contribution in [0.5, 0.6) is 0 Å². The van der Waals surface area contributed by atoms with Crippen LogP contribution in [0.3, 0.4) is 0 Å². The molecule has 0 saturated carbocycles. The van der Waals surface area contributed by atoms with Gasteiger partial charge in [-0.15, -0.1) is 11.6 Å². The molecule has 1 heteroatoms. The van der Waals surface area contributed by atoms with Gasteiger partial charge >= 0.3 is 0 Å².